The van der Waals surface area contributed by atoms with Crippen LogP contribution in [0.5, 0.6) is 0 Å². The van der Waals surface area contributed by atoms with Crippen molar-refractivity contribution in [1.29, 1.82) is 0 Å². The first-order valence-electron chi connectivity index (χ1n) is 8.36. The number of benzene rings is 1. The normalized spacial score (nSPS) is 22.2. The molecule has 2 fully saturated rings. The van der Waals surface area contributed by atoms with Crippen molar-refractivity contribution in [2.45, 2.75) is 76.0 Å². The van der Waals surface area contributed by atoms with Gasteiger partial charge in [-0.2, -0.15) is 0 Å². The Morgan fingerprint density at radius 1 is 0.800 bits per heavy atom. The van der Waals surface area contributed by atoms with Crippen LogP contribution >= 0.6 is 8.46 Å². The minimum atomic E-state index is 0.216. The SMILES string of the molecule is O=Pc1cccc(C2CCCCC2)c1C1CCCCC1. The maximum absolute atomic E-state index is 11.6. The summed E-state index contributed by atoms with van der Waals surface area (Å²) in [6.07, 6.45) is 13.5. The van der Waals surface area contributed by atoms with E-state index in [0.717, 1.165) is 11.2 Å². The Labute approximate surface area is 124 Å². The predicted octanol–water partition coefficient (Wildman–Crippen LogP) is 5.70. The van der Waals surface area contributed by atoms with E-state index >= 15 is 0 Å². The Kier molecular flexibility index (Phi) is 4.89. The molecule has 20 heavy (non-hydrogen) atoms. The molecule has 108 valence electrons. The smallest absolute Gasteiger partial charge is 0.192 e. The standard InChI is InChI=1S/C18H25OP/c19-20-17-13-7-12-16(14-8-3-1-4-9-14)18(17)15-10-5-2-6-11-15/h7,12-15H,1-6,8-11H2. The minimum absolute atomic E-state index is 0.216. The van der Waals surface area contributed by atoms with Crippen LogP contribution in [0.2, 0.25) is 0 Å². The van der Waals surface area contributed by atoms with E-state index in [1.54, 1.807) is 0 Å². The summed E-state index contributed by atoms with van der Waals surface area (Å²) < 4.78 is 11.6. The lowest BCUT2D eigenvalue weighted by Crippen LogP contribution is -2.18. The lowest BCUT2D eigenvalue weighted by atomic mass is 9.76. The maximum Gasteiger partial charge on any atom is 0.192 e. The molecule has 0 saturated heterocycles. The summed E-state index contributed by atoms with van der Waals surface area (Å²) in [5, 5.41) is 1.07. The molecule has 0 unspecified atom stereocenters. The molecule has 2 heteroatoms. The fraction of sp³-hybridized carbons (Fsp3) is 0.667. The summed E-state index contributed by atoms with van der Waals surface area (Å²) in [6, 6.07) is 6.52. The Bertz CT molecular complexity index is 456. The molecule has 0 aliphatic heterocycles. The molecular formula is C18H25OP. The van der Waals surface area contributed by atoms with Gasteiger partial charge >= 0.3 is 0 Å². The van der Waals surface area contributed by atoms with Crippen LogP contribution in [0, 0.1) is 0 Å². The van der Waals surface area contributed by atoms with Crippen LogP contribution in [0.3, 0.4) is 0 Å². The second-order valence-corrected chi connectivity index (χ2v) is 7.21. The fourth-order valence-electron chi connectivity index (χ4n) is 4.26. The average molecular weight is 288 g/mol. The molecule has 0 amide bonds. The van der Waals surface area contributed by atoms with Gasteiger partial charge in [-0.1, -0.05) is 50.7 Å². The maximum atomic E-state index is 11.6. The molecule has 0 N–H and O–H groups in total. The second-order valence-electron chi connectivity index (χ2n) is 6.54. The first kappa shape index (κ1) is 14.3. The third-order valence-corrected chi connectivity index (χ3v) is 5.86. The molecule has 0 radical (unpaired) electrons. The zero-order valence-corrected chi connectivity index (χ0v) is 13.2. The van der Waals surface area contributed by atoms with E-state index in [2.05, 4.69) is 18.2 Å². The van der Waals surface area contributed by atoms with Crippen LogP contribution in [0.15, 0.2) is 18.2 Å². The van der Waals surface area contributed by atoms with Gasteiger partial charge in [-0.3, -0.25) is 4.57 Å². The van der Waals surface area contributed by atoms with Gasteiger partial charge in [-0.15, -0.1) is 0 Å². The fourth-order valence-corrected chi connectivity index (χ4v) is 4.81. The van der Waals surface area contributed by atoms with Gasteiger partial charge in [0.25, 0.3) is 0 Å². The van der Waals surface area contributed by atoms with Crippen molar-refractivity contribution >= 4 is 13.8 Å². The molecule has 2 saturated carbocycles. The van der Waals surface area contributed by atoms with Gasteiger partial charge in [0.15, 0.2) is 8.46 Å². The van der Waals surface area contributed by atoms with Crippen LogP contribution in [0.25, 0.3) is 0 Å². The highest BCUT2D eigenvalue weighted by atomic mass is 31.1. The summed E-state index contributed by atoms with van der Waals surface area (Å²) in [5.41, 5.74) is 3.01. The molecule has 0 heterocycles. The number of hydrogen-bond donors (Lipinski definition) is 0. The summed E-state index contributed by atoms with van der Waals surface area (Å²) in [5.74, 6) is 1.39. The highest BCUT2D eigenvalue weighted by Gasteiger charge is 2.26. The van der Waals surface area contributed by atoms with Crippen molar-refractivity contribution in [3.05, 3.63) is 29.3 Å². The van der Waals surface area contributed by atoms with Crippen molar-refractivity contribution in [2.24, 2.45) is 0 Å². The Morgan fingerprint density at radius 2 is 1.40 bits per heavy atom. The van der Waals surface area contributed by atoms with Gasteiger partial charge in [0.05, 0.1) is 0 Å². The zero-order chi connectivity index (χ0) is 13.8. The van der Waals surface area contributed by atoms with E-state index in [9.17, 15) is 4.57 Å². The van der Waals surface area contributed by atoms with Gasteiger partial charge in [-0.25, -0.2) is 0 Å². The van der Waals surface area contributed by atoms with Gasteiger partial charge < -0.3 is 0 Å². The van der Waals surface area contributed by atoms with E-state index in [1.807, 2.05) is 0 Å². The van der Waals surface area contributed by atoms with Gasteiger partial charge in [0.1, 0.15) is 0 Å². The first-order chi connectivity index (χ1) is 9.90. The summed E-state index contributed by atoms with van der Waals surface area (Å²) in [4.78, 5) is 0. The highest BCUT2D eigenvalue weighted by Crippen LogP contribution is 2.40. The zero-order valence-electron chi connectivity index (χ0n) is 12.3. The van der Waals surface area contributed by atoms with E-state index in [-0.39, 0.29) is 8.46 Å². The Balaban J connectivity index is 1.96. The minimum Gasteiger partial charge on any atom is -0.269 e. The Morgan fingerprint density at radius 3 is 2.00 bits per heavy atom. The van der Waals surface area contributed by atoms with Gasteiger partial charge in [-0.05, 0) is 54.7 Å². The molecule has 1 aromatic carbocycles. The van der Waals surface area contributed by atoms with E-state index in [0.29, 0.717) is 5.92 Å². The van der Waals surface area contributed by atoms with Gasteiger partial charge in [0.2, 0.25) is 0 Å². The molecule has 1 nitrogen and oxygen atoms in total. The summed E-state index contributed by atoms with van der Waals surface area (Å²) >= 11 is 0. The lowest BCUT2D eigenvalue weighted by Gasteiger charge is -2.30. The molecule has 0 atom stereocenters. The topological polar surface area (TPSA) is 17.1 Å². The van der Waals surface area contributed by atoms with Crippen LogP contribution < -0.4 is 5.30 Å². The molecule has 1 aromatic rings. The first-order valence-corrected chi connectivity index (χ1v) is 9.17. The quantitative estimate of drug-likeness (QED) is 0.652. The number of hydrogen-bond acceptors (Lipinski definition) is 1. The molecule has 3 rings (SSSR count). The largest absolute Gasteiger partial charge is 0.269 e. The van der Waals surface area contributed by atoms with E-state index in [1.165, 1.54) is 75.3 Å². The number of rotatable bonds is 3. The molecule has 0 aromatic heterocycles. The van der Waals surface area contributed by atoms with E-state index < -0.39 is 0 Å². The molecule has 2 aliphatic carbocycles. The monoisotopic (exact) mass is 288 g/mol. The van der Waals surface area contributed by atoms with Crippen LogP contribution in [-0.2, 0) is 4.57 Å². The van der Waals surface area contributed by atoms with Crippen molar-refractivity contribution in [2.75, 3.05) is 0 Å². The van der Waals surface area contributed by atoms with Crippen LogP contribution in [0.4, 0.5) is 0 Å². The predicted molar refractivity (Wildman–Crippen MR) is 85.3 cm³/mol. The molecular weight excluding hydrogens is 263 g/mol. The average Bonchev–Trinajstić information content (AvgIpc) is 2.55. The molecule has 0 spiro atoms. The van der Waals surface area contributed by atoms with E-state index in [4.69, 9.17) is 0 Å². The molecule has 2 aliphatic rings. The van der Waals surface area contributed by atoms with Crippen molar-refractivity contribution in [3.8, 4) is 0 Å². The highest BCUT2D eigenvalue weighted by molar-refractivity contribution is 7.34. The van der Waals surface area contributed by atoms with Crippen molar-refractivity contribution < 1.29 is 4.57 Å². The van der Waals surface area contributed by atoms with Crippen LogP contribution in [0.1, 0.15) is 87.2 Å². The van der Waals surface area contributed by atoms with Crippen molar-refractivity contribution in [1.82, 2.24) is 0 Å². The summed E-state index contributed by atoms with van der Waals surface area (Å²) in [6.45, 7) is 0. The third-order valence-electron chi connectivity index (χ3n) is 5.27. The summed E-state index contributed by atoms with van der Waals surface area (Å²) in [7, 11) is 0.216. The van der Waals surface area contributed by atoms with Crippen LogP contribution in [-0.4, -0.2) is 0 Å². The Hall–Kier alpha value is -0.680. The molecule has 0 bridgehead atoms. The van der Waals surface area contributed by atoms with Gasteiger partial charge in [0, 0.05) is 5.30 Å². The second kappa shape index (κ2) is 6.85. The van der Waals surface area contributed by atoms with Crippen molar-refractivity contribution in [3.63, 3.8) is 0 Å². The third kappa shape index (κ3) is 2.98. The lowest BCUT2D eigenvalue weighted by molar-refractivity contribution is 0.420.